The second kappa shape index (κ2) is 5.65. The van der Waals surface area contributed by atoms with E-state index in [1.54, 1.807) is 0 Å². The number of rotatable bonds is 4. The van der Waals surface area contributed by atoms with Crippen LogP contribution in [0, 0.1) is 11.6 Å². The average molecular weight is 347 g/mol. The SMILES string of the molecule is CS(=O)(=O)c1cccc(NS(=O)(=O)c2cc(F)ccc2F)c1. The van der Waals surface area contributed by atoms with Gasteiger partial charge in [-0.3, -0.25) is 4.72 Å². The molecular weight excluding hydrogens is 336 g/mol. The van der Waals surface area contributed by atoms with Crippen molar-refractivity contribution in [2.45, 2.75) is 9.79 Å². The number of sulfonamides is 1. The van der Waals surface area contributed by atoms with E-state index in [1.165, 1.54) is 18.2 Å². The molecule has 0 aliphatic heterocycles. The number of sulfone groups is 1. The third-order valence-electron chi connectivity index (χ3n) is 2.70. The molecule has 22 heavy (non-hydrogen) atoms. The minimum absolute atomic E-state index is 0.0772. The second-order valence-corrected chi connectivity index (χ2v) is 8.15. The van der Waals surface area contributed by atoms with E-state index < -0.39 is 36.4 Å². The van der Waals surface area contributed by atoms with E-state index in [1.807, 2.05) is 4.72 Å². The van der Waals surface area contributed by atoms with Crippen molar-refractivity contribution in [1.29, 1.82) is 0 Å². The summed E-state index contributed by atoms with van der Waals surface area (Å²) in [6.07, 6.45) is 0.965. The van der Waals surface area contributed by atoms with Crippen molar-refractivity contribution in [2.75, 3.05) is 11.0 Å². The van der Waals surface area contributed by atoms with Gasteiger partial charge in [0.1, 0.15) is 16.5 Å². The van der Waals surface area contributed by atoms with E-state index in [0.717, 1.165) is 18.4 Å². The molecule has 0 heterocycles. The van der Waals surface area contributed by atoms with Crippen LogP contribution in [0.25, 0.3) is 0 Å². The van der Waals surface area contributed by atoms with Gasteiger partial charge in [0.25, 0.3) is 10.0 Å². The Morgan fingerprint density at radius 3 is 2.27 bits per heavy atom. The third-order valence-corrected chi connectivity index (χ3v) is 5.20. The maximum absolute atomic E-state index is 13.6. The van der Waals surface area contributed by atoms with E-state index in [0.29, 0.717) is 12.1 Å². The quantitative estimate of drug-likeness (QED) is 0.919. The fraction of sp³-hybridized carbons (Fsp3) is 0.0769. The van der Waals surface area contributed by atoms with Gasteiger partial charge in [0.2, 0.25) is 0 Å². The van der Waals surface area contributed by atoms with E-state index in [-0.39, 0.29) is 10.6 Å². The molecule has 0 aliphatic rings. The van der Waals surface area contributed by atoms with E-state index >= 15 is 0 Å². The Bertz CT molecular complexity index is 925. The largest absolute Gasteiger partial charge is 0.279 e. The molecule has 2 aromatic carbocycles. The van der Waals surface area contributed by atoms with Crippen molar-refractivity contribution in [3.05, 3.63) is 54.1 Å². The molecule has 2 aromatic rings. The highest BCUT2D eigenvalue weighted by molar-refractivity contribution is 7.92. The van der Waals surface area contributed by atoms with Crippen LogP contribution in [-0.2, 0) is 19.9 Å². The molecule has 0 fully saturated rings. The lowest BCUT2D eigenvalue weighted by Crippen LogP contribution is -2.15. The van der Waals surface area contributed by atoms with Gasteiger partial charge in [-0.2, -0.15) is 0 Å². The molecule has 0 radical (unpaired) electrons. The monoisotopic (exact) mass is 347 g/mol. The Hall–Kier alpha value is -2.00. The number of benzene rings is 2. The van der Waals surface area contributed by atoms with Crippen molar-refractivity contribution in [1.82, 2.24) is 0 Å². The summed E-state index contributed by atoms with van der Waals surface area (Å²) in [5, 5.41) is 0. The van der Waals surface area contributed by atoms with Crippen LogP contribution in [0.1, 0.15) is 0 Å². The Morgan fingerprint density at radius 1 is 0.955 bits per heavy atom. The van der Waals surface area contributed by atoms with Crippen LogP contribution < -0.4 is 4.72 Å². The minimum Gasteiger partial charge on any atom is -0.279 e. The molecule has 0 aromatic heterocycles. The van der Waals surface area contributed by atoms with Gasteiger partial charge in [0.15, 0.2) is 9.84 Å². The first-order chi connectivity index (χ1) is 10.1. The second-order valence-electron chi connectivity index (χ2n) is 4.48. The average Bonchev–Trinajstić information content (AvgIpc) is 2.40. The Labute approximate surface area is 126 Å². The molecule has 0 saturated carbocycles. The zero-order chi connectivity index (χ0) is 16.5. The lowest BCUT2D eigenvalue weighted by atomic mass is 10.3. The molecule has 0 atom stereocenters. The van der Waals surface area contributed by atoms with Gasteiger partial charge in [-0.15, -0.1) is 0 Å². The highest BCUT2D eigenvalue weighted by Gasteiger charge is 2.20. The van der Waals surface area contributed by atoms with Gasteiger partial charge in [0.05, 0.1) is 10.6 Å². The fourth-order valence-corrected chi connectivity index (χ4v) is 3.49. The summed E-state index contributed by atoms with van der Waals surface area (Å²) in [4.78, 5) is -0.968. The molecule has 0 unspecified atom stereocenters. The summed E-state index contributed by atoms with van der Waals surface area (Å²) in [6.45, 7) is 0. The van der Waals surface area contributed by atoms with Crippen LogP contribution in [0.3, 0.4) is 0 Å². The summed E-state index contributed by atoms with van der Waals surface area (Å²) in [6, 6.07) is 7.02. The van der Waals surface area contributed by atoms with E-state index in [9.17, 15) is 25.6 Å². The van der Waals surface area contributed by atoms with Crippen molar-refractivity contribution in [2.24, 2.45) is 0 Å². The molecule has 5 nitrogen and oxygen atoms in total. The summed E-state index contributed by atoms with van der Waals surface area (Å²) < 4.78 is 75.7. The van der Waals surface area contributed by atoms with Crippen molar-refractivity contribution in [3.63, 3.8) is 0 Å². The summed E-state index contributed by atoms with van der Waals surface area (Å²) in [7, 11) is -7.92. The number of anilines is 1. The normalized spacial score (nSPS) is 12.1. The van der Waals surface area contributed by atoms with Crippen LogP contribution >= 0.6 is 0 Å². The van der Waals surface area contributed by atoms with Crippen LogP contribution in [0.15, 0.2) is 52.3 Å². The van der Waals surface area contributed by atoms with Gasteiger partial charge in [-0.25, -0.2) is 25.6 Å². The topological polar surface area (TPSA) is 80.3 Å². The fourth-order valence-electron chi connectivity index (χ4n) is 1.68. The maximum atomic E-state index is 13.6. The highest BCUT2D eigenvalue weighted by Crippen LogP contribution is 2.21. The van der Waals surface area contributed by atoms with Crippen LogP contribution in [0.4, 0.5) is 14.5 Å². The van der Waals surface area contributed by atoms with Crippen molar-refractivity contribution < 1.29 is 25.6 Å². The molecule has 1 N–H and O–H groups in total. The molecule has 0 saturated heterocycles. The van der Waals surface area contributed by atoms with Crippen molar-refractivity contribution >= 4 is 25.5 Å². The molecule has 0 bridgehead atoms. The van der Waals surface area contributed by atoms with Crippen LogP contribution in [0.5, 0.6) is 0 Å². The lowest BCUT2D eigenvalue weighted by molar-refractivity contribution is 0.555. The predicted molar refractivity (Wildman–Crippen MR) is 76.7 cm³/mol. The Kier molecular flexibility index (Phi) is 4.21. The third kappa shape index (κ3) is 3.60. The predicted octanol–water partition coefficient (Wildman–Crippen LogP) is 2.17. The smallest absolute Gasteiger partial charge is 0.264 e. The first kappa shape index (κ1) is 16.4. The van der Waals surface area contributed by atoms with Crippen LogP contribution in [-0.4, -0.2) is 23.1 Å². The van der Waals surface area contributed by atoms with E-state index in [4.69, 9.17) is 0 Å². The number of nitrogens with one attached hydrogen (secondary N) is 1. The van der Waals surface area contributed by atoms with Gasteiger partial charge in [0, 0.05) is 6.26 Å². The minimum atomic E-state index is -4.39. The van der Waals surface area contributed by atoms with Crippen LogP contribution in [0.2, 0.25) is 0 Å². The Balaban J connectivity index is 2.44. The molecule has 118 valence electrons. The molecule has 0 aliphatic carbocycles. The summed E-state index contributed by atoms with van der Waals surface area (Å²) in [5.74, 6) is -2.03. The zero-order valence-electron chi connectivity index (χ0n) is 11.2. The van der Waals surface area contributed by atoms with Crippen molar-refractivity contribution in [3.8, 4) is 0 Å². The van der Waals surface area contributed by atoms with Gasteiger partial charge < -0.3 is 0 Å². The summed E-state index contributed by atoms with van der Waals surface area (Å²) in [5.41, 5.74) is -0.0772. The standard InChI is InChI=1S/C13H11F2NO4S2/c1-21(17,18)11-4-2-3-10(8-11)16-22(19,20)13-7-9(14)5-6-12(13)15/h2-8,16H,1H3. The van der Waals surface area contributed by atoms with Gasteiger partial charge >= 0.3 is 0 Å². The Morgan fingerprint density at radius 2 is 1.64 bits per heavy atom. The first-order valence-corrected chi connectivity index (χ1v) is 9.25. The van der Waals surface area contributed by atoms with E-state index in [2.05, 4.69) is 0 Å². The van der Waals surface area contributed by atoms with Gasteiger partial charge in [-0.05, 0) is 36.4 Å². The number of halogens is 2. The summed E-state index contributed by atoms with van der Waals surface area (Å²) >= 11 is 0. The molecule has 2 rings (SSSR count). The zero-order valence-corrected chi connectivity index (χ0v) is 12.9. The molecular formula is C13H11F2NO4S2. The molecule has 0 spiro atoms. The molecule has 0 amide bonds. The highest BCUT2D eigenvalue weighted by atomic mass is 32.2. The first-order valence-electron chi connectivity index (χ1n) is 5.87. The lowest BCUT2D eigenvalue weighted by Gasteiger charge is -2.10. The maximum Gasteiger partial charge on any atom is 0.264 e. The van der Waals surface area contributed by atoms with Gasteiger partial charge in [-0.1, -0.05) is 6.07 Å². The molecule has 9 heteroatoms. The number of hydrogen-bond acceptors (Lipinski definition) is 4. The number of hydrogen-bond donors (Lipinski definition) is 1.